The van der Waals surface area contributed by atoms with E-state index in [4.69, 9.17) is 41.9 Å². The molecule has 0 radical (unpaired) electrons. The molecule has 3 N–H and O–H groups in total. The van der Waals surface area contributed by atoms with Gasteiger partial charge < -0.3 is 29.3 Å². The van der Waals surface area contributed by atoms with Gasteiger partial charge in [0.05, 0.1) is 11.6 Å². The third-order valence-electron chi connectivity index (χ3n) is 5.84. The fraction of sp³-hybridized carbons (Fsp3) is 0.522. The maximum absolute atomic E-state index is 12.8. The molecule has 2 heterocycles. The largest absolute Gasteiger partial charge is 0.575 e. The van der Waals surface area contributed by atoms with E-state index in [1.165, 1.54) is 12.1 Å². The molecule has 1 saturated heterocycles. The number of halogens is 2. The van der Waals surface area contributed by atoms with Crippen LogP contribution in [0.25, 0.3) is 10.4 Å². The van der Waals surface area contributed by atoms with Crippen molar-refractivity contribution in [3.8, 4) is 11.5 Å². The minimum absolute atomic E-state index is 0.0105. The van der Waals surface area contributed by atoms with E-state index >= 15 is 0 Å². The minimum atomic E-state index is -2.89. The number of benzene rings is 1. The zero-order valence-corrected chi connectivity index (χ0v) is 24.8. The predicted molar refractivity (Wildman–Crippen MR) is 147 cm³/mol. The summed E-state index contributed by atoms with van der Waals surface area (Å²) in [7, 11) is -2.89. The Bertz CT molecular complexity index is 1500. The van der Waals surface area contributed by atoms with E-state index in [2.05, 4.69) is 14.8 Å². The maximum atomic E-state index is 12.8. The average molecular weight is 649 g/mol. The molecule has 42 heavy (non-hydrogen) atoms. The molecule has 0 spiro atoms. The van der Waals surface area contributed by atoms with Crippen molar-refractivity contribution in [1.29, 1.82) is 0 Å². The molecule has 2 aromatic rings. The van der Waals surface area contributed by atoms with E-state index in [0.29, 0.717) is 0 Å². The Morgan fingerprint density at radius 1 is 1.33 bits per heavy atom. The van der Waals surface area contributed by atoms with Crippen LogP contribution in [-0.2, 0) is 14.3 Å². The lowest BCUT2D eigenvalue weighted by Gasteiger charge is -2.27. The zero-order valence-electron chi connectivity index (χ0n) is 22.4. The number of H-pyrrole nitrogens is 1. The number of aromatic amines is 1. The van der Waals surface area contributed by atoms with Crippen LogP contribution >= 0.6 is 31.4 Å². The number of carbonyl (C=O) groups excluding carboxylic acids is 1. The van der Waals surface area contributed by atoms with Crippen molar-refractivity contribution in [3.05, 3.63) is 65.7 Å². The van der Waals surface area contributed by atoms with Crippen LogP contribution in [-0.4, -0.2) is 62.9 Å². The molecule has 1 fully saturated rings. The highest BCUT2D eigenvalue weighted by Gasteiger charge is 2.56. The number of hydrogen-bond donors (Lipinski definition) is 3. The lowest BCUT2D eigenvalue weighted by Crippen LogP contribution is -2.46. The Hall–Kier alpha value is -3.20. The Morgan fingerprint density at radius 2 is 2.05 bits per heavy atom. The standard InChI is InChI=1S/C23H27Cl2N6O10P/c1-4-38-21(35)13(9-11(2)3)28-42(37)41-14-6-5-12(24)16(25)18(14)39-10-23(29-30-26)19(34)17(33)20(40-23)31-8-7-15(32)27-22(31)36/h5-8,11,13,17,19-20,33-34H,4,9-10H2,1-3H3,(H,27,32,36)/t13-,17+,19-,20+,23+/m0/s1. The van der Waals surface area contributed by atoms with Gasteiger partial charge in [-0.3, -0.25) is 18.9 Å². The normalized spacial score (nSPS) is 22.9. The molecular formula is C23H27Cl2N6O10P. The number of azide groups is 1. The summed E-state index contributed by atoms with van der Waals surface area (Å²) < 4.78 is 26.5. The summed E-state index contributed by atoms with van der Waals surface area (Å²) in [5.74, 6) is -1.25. The molecular weight excluding hydrogens is 622 g/mol. The number of carbonyl (C=O) groups is 1. The number of aromatic nitrogens is 2. The summed E-state index contributed by atoms with van der Waals surface area (Å²) in [6.45, 7) is 4.57. The van der Waals surface area contributed by atoms with Crippen molar-refractivity contribution in [2.45, 2.75) is 57.4 Å². The smallest absolute Gasteiger partial charge is 0.395 e. The molecule has 0 bridgehead atoms. The lowest BCUT2D eigenvalue weighted by molar-refractivity contribution is -0.170. The van der Waals surface area contributed by atoms with Gasteiger partial charge in [-0.25, -0.2) is 9.59 Å². The van der Waals surface area contributed by atoms with Crippen molar-refractivity contribution in [1.82, 2.24) is 9.55 Å². The SMILES string of the molecule is CCOC(=O)[C@H](CC(C)C)N=[P+]([O-])Oc1ccc(Cl)c(Cl)c1OC[C@@]1(N=[N+]=[N-])O[C@@H](n2ccc(=O)[nH]c2=O)[C@H](O)[C@@H]1O. The number of nitrogens with one attached hydrogen (secondary N) is 1. The molecule has 1 unspecified atom stereocenters. The second-order valence-corrected chi connectivity index (χ2v) is 11.0. The van der Waals surface area contributed by atoms with Crippen molar-refractivity contribution in [2.75, 3.05) is 13.2 Å². The average Bonchev–Trinajstić information content (AvgIpc) is 3.15. The molecule has 16 nitrogen and oxygen atoms in total. The van der Waals surface area contributed by atoms with Gasteiger partial charge in [-0.15, -0.1) is 0 Å². The molecule has 0 amide bonds. The van der Waals surface area contributed by atoms with Gasteiger partial charge in [0, 0.05) is 17.2 Å². The topological polar surface area (TPSA) is 233 Å². The van der Waals surface area contributed by atoms with E-state index in [1.54, 1.807) is 6.92 Å². The second-order valence-electron chi connectivity index (χ2n) is 9.31. The summed E-state index contributed by atoms with van der Waals surface area (Å²) >= 11 is 12.4. The number of hydrogen-bond acceptors (Lipinski definition) is 12. The first-order chi connectivity index (χ1) is 19.8. The van der Waals surface area contributed by atoms with Crippen LogP contribution in [0.2, 0.25) is 10.0 Å². The quantitative estimate of drug-likeness (QED) is 0.0998. The van der Waals surface area contributed by atoms with Gasteiger partial charge in [0.1, 0.15) is 23.8 Å². The van der Waals surface area contributed by atoms with Crippen LogP contribution in [0.3, 0.4) is 0 Å². The fourth-order valence-electron chi connectivity index (χ4n) is 3.92. The number of aliphatic hydroxyl groups is 2. The molecule has 3 rings (SSSR count). The number of rotatable bonds is 12. The number of ether oxygens (including phenoxy) is 3. The van der Waals surface area contributed by atoms with E-state index in [9.17, 15) is 35.0 Å². The molecule has 1 aromatic heterocycles. The molecule has 1 aliphatic heterocycles. The van der Waals surface area contributed by atoms with Crippen LogP contribution in [0.1, 0.15) is 33.4 Å². The van der Waals surface area contributed by atoms with Crippen LogP contribution in [0.15, 0.2) is 43.8 Å². The Labute approximate surface area is 249 Å². The molecule has 228 valence electrons. The third-order valence-corrected chi connectivity index (χ3v) is 7.45. The zero-order chi connectivity index (χ0) is 31.2. The lowest BCUT2D eigenvalue weighted by atomic mass is 10.1. The van der Waals surface area contributed by atoms with Gasteiger partial charge >= 0.3 is 19.8 Å². The van der Waals surface area contributed by atoms with Crippen molar-refractivity contribution < 1.29 is 38.6 Å². The van der Waals surface area contributed by atoms with Gasteiger partial charge in [-0.2, -0.15) is 0 Å². The highest BCUT2D eigenvalue weighted by atomic mass is 35.5. The first-order valence-corrected chi connectivity index (χ1v) is 14.3. The number of nitrogens with zero attached hydrogens (tertiary/aromatic N) is 5. The first kappa shape index (κ1) is 33.3. The fourth-order valence-corrected chi connectivity index (χ4v) is 5.06. The van der Waals surface area contributed by atoms with Crippen LogP contribution < -0.4 is 25.4 Å². The predicted octanol–water partition coefficient (Wildman–Crippen LogP) is 2.39. The summed E-state index contributed by atoms with van der Waals surface area (Å²) in [5, 5.41) is 24.6. The van der Waals surface area contributed by atoms with Gasteiger partial charge in [0.15, 0.2) is 18.0 Å². The monoisotopic (exact) mass is 648 g/mol. The molecule has 19 heteroatoms. The molecule has 0 saturated carbocycles. The van der Waals surface area contributed by atoms with Crippen LogP contribution in [0.5, 0.6) is 11.5 Å². The highest BCUT2D eigenvalue weighted by molar-refractivity contribution is 7.34. The van der Waals surface area contributed by atoms with Gasteiger partial charge in [0.2, 0.25) is 11.5 Å². The molecule has 6 atom stereocenters. The van der Waals surface area contributed by atoms with Crippen LogP contribution in [0.4, 0.5) is 0 Å². The van der Waals surface area contributed by atoms with Gasteiger partial charge in [0.25, 0.3) is 5.56 Å². The van der Waals surface area contributed by atoms with Crippen molar-refractivity contribution in [3.63, 3.8) is 0 Å². The van der Waals surface area contributed by atoms with Crippen molar-refractivity contribution >= 4 is 37.3 Å². The molecule has 1 aliphatic rings. The third kappa shape index (κ3) is 7.60. The van der Waals surface area contributed by atoms with Crippen molar-refractivity contribution in [2.24, 2.45) is 15.8 Å². The summed E-state index contributed by atoms with van der Waals surface area (Å²) in [4.78, 5) is 53.5. The van der Waals surface area contributed by atoms with E-state index in [-0.39, 0.29) is 40.5 Å². The Balaban J connectivity index is 1.93. The van der Waals surface area contributed by atoms with E-state index < -0.39 is 62.2 Å². The maximum Gasteiger partial charge on any atom is 0.395 e. The van der Waals surface area contributed by atoms with E-state index in [1.807, 2.05) is 18.8 Å². The number of aliphatic hydroxyl groups excluding tert-OH is 2. The summed E-state index contributed by atoms with van der Waals surface area (Å²) in [6.07, 6.45) is -4.15. The van der Waals surface area contributed by atoms with E-state index in [0.717, 1.165) is 16.8 Å². The van der Waals surface area contributed by atoms with Gasteiger partial charge in [-0.05, 0) is 36.9 Å². The minimum Gasteiger partial charge on any atom is -0.575 e. The van der Waals surface area contributed by atoms with Gasteiger partial charge in [-0.1, -0.05) is 46.9 Å². The molecule has 0 aliphatic carbocycles. The Morgan fingerprint density at radius 3 is 2.67 bits per heavy atom. The highest BCUT2D eigenvalue weighted by Crippen LogP contribution is 2.45. The summed E-state index contributed by atoms with van der Waals surface area (Å²) in [5.41, 5.74) is 5.16. The van der Waals surface area contributed by atoms with Crippen LogP contribution in [0, 0.1) is 5.92 Å². The second kappa shape index (κ2) is 14.3. The number of esters is 1. The molecule has 1 aromatic carbocycles. The first-order valence-electron chi connectivity index (χ1n) is 12.4. The summed E-state index contributed by atoms with van der Waals surface area (Å²) in [6, 6.07) is 2.45. The Kier molecular flexibility index (Phi) is 11.4.